The smallest absolute Gasteiger partial charge is 0.268 e. The highest BCUT2D eigenvalue weighted by atomic mass is 79.9. The fourth-order valence-electron chi connectivity index (χ4n) is 1.70. The largest absolute Gasteiger partial charge is 0.269 e. The van der Waals surface area contributed by atoms with E-state index in [0.29, 0.717) is 6.07 Å². The highest BCUT2D eigenvalue weighted by molar-refractivity contribution is 9.10. The molecule has 2 aromatic rings. The lowest BCUT2D eigenvalue weighted by Crippen LogP contribution is -2.27. The number of halogens is 4. The first-order valence-corrected chi connectivity index (χ1v) is 7.86. The van der Waals surface area contributed by atoms with Gasteiger partial charge in [-0.3, -0.25) is 4.31 Å². The molecule has 0 aromatic heterocycles. The van der Waals surface area contributed by atoms with Gasteiger partial charge >= 0.3 is 0 Å². The van der Waals surface area contributed by atoms with Gasteiger partial charge in [-0.2, -0.15) is 0 Å². The van der Waals surface area contributed by atoms with Crippen molar-refractivity contribution in [2.24, 2.45) is 0 Å². The summed E-state index contributed by atoms with van der Waals surface area (Å²) in [7, 11) is -3.07. The Bertz CT molecular complexity index is 755. The Labute approximate surface area is 128 Å². The number of hydrogen-bond acceptors (Lipinski definition) is 2. The molecule has 0 bridgehead atoms. The molecule has 0 heterocycles. The Morgan fingerprint density at radius 1 is 1.00 bits per heavy atom. The molecule has 0 fully saturated rings. The summed E-state index contributed by atoms with van der Waals surface area (Å²) in [4.78, 5) is -0.685. The average Bonchev–Trinajstić information content (AvgIpc) is 2.37. The Kier molecular flexibility index (Phi) is 4.29. The highest BCUT2D eigenvalue weighted by Gasteiger charge is 2.28. The molecular weight excluding hydrogens is 371 g/mol. The maximum Gasteiger partial charge on any atom is 0.268 e. The summed E-state index contributed by atoms with van der Waals surface area (Å²) in [5.74, 6) is -2.64. The summed E-state index contributed by atoms with van der Waals surface area (Å²) in [6.45, 7) is 0. The minimum absolute atomic E-state index is 0.145. The molecular formula is C13H9BrF3NO2S. The monoisotopic (exact) mass is 379 g/mol. The quantitative estimate of drug-likeness (QED) is 0.815. The molecule has 112 valence electrons. The van der Waals surface area contributed by atoms with Crippen molar-refractivity contribution in [2.75, 3.05) is 11.4 Å². The predicted octanol–water partition coefficient (Wildman–Crippen LogP) is 3.69. The third-order valence-corrected chi connectivity index (χ3v) is 5.52. The lowest BCUT2D eigenvalue weighted by molar-refractivity contribution is 0.546. The van der Waals surface area contributed by atoms with E-state index in [4.69, 9.17) is 0 Å². The van der Waals surface area contributed by atoms with Crippen LogP contribution in [0.3, 0.4) is 0 Å². The zero-order valence-electron chi connectivity index (χ0n) is 10.6. The molecule has 0 spiro atoms. The van der Waals surface area contributed by atoms with Gasteiger partial charge in [-0.15, -0.1) is 0 Å². The topological polar surface area (TPSA) is 37.4 Å². The van der Waals surface area contributed by atoms with Crippen molar-refractivity contribution in [1.29, 1.82) is 0 Å². The maximum absolute atomic E-state index is 13.8. The molecule has 0 unspecified atom stereocenters. The first kappa shape index (κ1) is 15.8. The van der Waals surface area contributed by atoms with E-state index in [2.05, 4.69) is 15.9 Å². The van der Waals surface area contributed by atoms with Gasteiger partial charge in [-0.05, 0) is 46.3 Å². The predicted molar refractivity (Wildman–Crippen MR) is 76.0 cm³/mol. The van der Waals surface area contributed by atoms with Crippen LogP contribution in [0.25, 0.3) is 0 Å². The number of hydrogen-bond donors (Lipinski definition) is 0. The molecule has 8 heteroatoms. The molecule has 0 aliphatic heterocycles. The first-order chi connectivity index (χ1) is 9.73. The van der Waals surface area contributed by atoms with E-state index in [-0.39, 0.29) is 10.2 Å². The molecule has 0 aliphatic rings. The van der Waals surface area contributed by atoms with Crippen LogP contribution in [0.1, 0.15) is 0 Å². The number of sulfonamides is 1. The van der Waals surface area contributed by atoms with Crippen LogP contribution in [0.4, 0.5) is 18.9 Å². The van der Waals surface area contributed by atoms with E-state index in [1.54, 1.807) is 0 Å². The molecule has 2 rings (SSSR count). The summed E-state index contributed by atoms with van der Waals surface area (Å²) in [6, 6.07) is 5.98. The van der Waals surface area contributed by atoms with Crippen LogP contribution >= 0.6 is 15.9 Å². The zero-order valence-corrected chi connectivity index (χ0v) is 13.1. The van der Waals surface area contributed by atoms with E-state index in [0.717, 1.165) is 22.5 Å². The van der Waals surface area contributed by atoms with Gasteiger partial charge in [0.1, 0.15) is 22.3 Å². The van der Waals surface area contributed by atoms with Crippen molar-refractivity contribution >= 4 is 31.6 Å². The lowest BCUT2D eigenvalue weighted by atomic mass is 10.3. The third kappa shape index (κ3) is 3.06. The summed E-state index contributed by atoms with van der Waals surface area (Å²) in [5.41, 5.74) is 0.145. The summed E-state index contributed by atoms with van der Waals surface area (Å²) in [5, 5.41) is 0. The first-order valence-electron chi connectivity index (χ1n) is 5.62. The van der Waals surface area contributed by atoms with Gasteiger partial charge < -0.3 is 0 Å². The molecule has 0 saturated carbocycles. The highest BCUT2D eigenvalue weighted by Crippen LogP contribution is 2.30. The van der Waals surface area contributed by atoms with Crippen molar-refractivity contribution in [3.05, 3.63) is 58.3 Å². The van der Waals surface area contributed by atoms with Crippen LogP contribution in [0.5, 0.6) is 0 Å². The van der Waals surface area contributed by atoms with E-state index < -0.39 is 32.4 Å². The molecule has 0 amide bonds. The summed E-state index contributed by atoms with van der Waals surface area (Å²) in [6.07, 6.45) is 0. The van der Waals surface area contributed by atoms with Gasteiger partial charge in [0.25, 0.3) is 10.0 Å². The lowest BCUT2D eigenvalue weighted by Gasteiger charge is -2.20. The van der Waals surface area contributed by atoms with Gasteiger partial charge in [-0.25, -0.2) is 21.6 Å². The third-order valence-electron chi connectivity index (χ3n) is 2.77. The summed E-state index contributed by atoms with van der Waals surface area (Å²) < 4.78 is 65.1. The molecule has 0 N–H and O–H groups in total. The number of rotatable bonds is 3. The maximum atomic E-state index is 13.8. The van der Waals surface area contributed by atoms with Crippen molar-refractivity contribution in [3.8, 4) is 0 Å². The van der Waals surface area contributed by atoms with Crippen molar-refractivity contribution in [3.63, 3.8) is 0 Å². The standard InChI is InChI=1S/C13H9BrF3NO2S/c1-18(10-4-2-8(15)3-5-10)21(19,20)13-11(14)6-9(16)7-12(13)17/h2-7H,1H3. The van der Waals surface area contributed by atoms with E-state index >= 15 is 0 Å². The van der Waals surface area contributed by atoms with E-state index in [1.807, 2.05) is 0 Å². The van der Waals surface area contributed by atoms with Gasteiger partial charge in [0.15, 0.2) is 0 Å². The SMILES string of the molecule is CN(c1ccc(F)cc1)S(=O)(=O)c1c(F)cc(F)cc1Br. The molecule has 0 atom stereocenters. The second-order valence-electron chi connectivity index (χ2n) is 4.15. The Hall–Kier alpha value is -1.54. The molecule has 2 aromatic carbocycles. The van der Waals surface area contributed by atoms with Crippen LogP contribution in [0.2, 0.25) is 0 Å². The van der Waals surface area contributed by atoms with Gasteiger partial charge in [-0.1, -0.05) is 0 Å². The normalized spacial score (nSPS) is 11.5. The Balaban J connectivity index is 2.54. The number of nitrogens with zero attached hydrogens (tertiary/aromatic N) is 1. The minimum Gasteiger partial charge on any atom is -0.269 e. The Morgan fingerprint density at radius 3 is 2.10 bits per heavy atom. The van der Waals surface area contributed by atoms with Crippen LogP contribution in [0, 0.1) is 17.5 Å². The van der Waals surface area contributed by atoms with Crippen LogP contribution in [0.15, 0.2) is 45.8 Å². The van der Waals surface area contributed by atoms with E-state index in [9.17, 15) is 21.6 Å². The van der Waals surface area contributed by atoms with Crippen LogP contribution in [-0.2, 0) is 10.0 Å². The Morgan fingerprint density at radius 2 is 1.57 bits per heavy atom. The van der Waals surface area contributed by atoms with Crippen molar-refractivity contribution < 1.29 is 21.6 Å². The van der Waals surface area contributed by atoms with Crippen LogP contribution < -0.4 is 4.31 Å². The van der Waals surface area contributed by atoms with Crippen molar-refractivity contribution in [1.82, 2.24) is 0 Å². The van der Waals surface area contributed by atoms with Gasteiger partial charge in [0.05, 0.1) is 5.69 Å². The van der Waals surface area contributed by atoms with Crippen LogP contribution in [-0.4, -0.2) is 15.5 Å². The second kappa shape index (κ2) is 5.69. The average molecular weight is 380 g/mol. The van der Waals surface area contributed by atoms with Crippen molar-refractivity contribution in [2.45, 2.75) is 4.90 Å². The molecule has 0 radical (unpaired) electrons. The zero-order chi connectivity index (χ0) is 15.8. The molecule has 0 aliphatic carbocycles. The summed E-state index contributed by atoms with van der Waals surface area (Å²) >= 11 is 2.84. The second-order valence-corrected chi connectivity index (χ2v) is 6.91. The molecule has 21 heavy (non-hydrogen) atoms. The molecule has 0 saturated heterocycles. The fourth-order valence-corrected chi connectivity index (χ4v) is 4.01. The fraction of sp³-hybridized carbons (Fsp3) is 0.0769. The number of benzene rings is 2. The minimum atomic E-state index is -4.26. The molecule has 3 nitrogen and oxygen atoms in total. The van der Waals surface area contributed by atoms with E-state index in [1.165, 1.54) is 19.2 Å². The number of anilines is 1. The van der Waals surface area contributed by atoms with Gasteiger partial charge in [0.2, 0.25) is 0 Å². The van der Waals surface area contributed by atoms with Gasteiger partial charge in [0, 0.05) is 17.6 Å².